The van der Waals surface area contributed by atoms with Crippen molar-refractivity contribution in [3.8, 4) is 0 Å². The molecule has 3 rings (SSSR count). The summed E-state index contributed by atoms with van der Waals surface area (Å²) < 4.78 is 0. The van der Waals surface area contributed by atoms with Crippen LogP contribution in [-0.2, 0) is 4.79 Å². The first-order valence-corrected chi connectivity index (χ1v) is 9.19. The van der Waals surface area contributed by atoms with Gasteiger partial charge in [0.2, 0.25) is 5.91 Å². The van der Waals surface area contributed by atoms with Gasteiger partial charge in [-0.1, -0.05) is 12.1 Å². The van der Waals surface area contributed by atoms with E-state index in [2.05, 4.69) is 47.6 Å². The number of carbonyl (C=O) groups excluding carboxylic acids is 2. The molecular formula is C21H26N4O2. The number of rotatable bonds is 3. The van der Waals surface area contributed by atoms with Gasteiger partial charge in [0.05, 0.1) is 0 Å². The van der Waals surface area contributed by atoms with Crippen LogP contribution in [0.2, 0.25) is 0 Å². The molecule has 142 valence electrons. The van der Waals surface area contributed by atoms with Gasteiger partial charge in [-0.05, 0) is 55.3 Å². The third-order valence-corrected chi connectivity index (χ3v) is 4.94. The van der Waals surface area contributed by atoms with Crippen LogP contribution in [0, 0.1) is 13.8 Å². The SMILES string of the molecule is CC(=O)Nc1ccc(NC(=O)N2CCN(c3cccc(C)c3C)CC2)cc1. The van der Waals surface area contributed by atoms with E-state index in [1.165, 1.54) is 23.7 Å². The summed E-state index contributed by atoms with van der Waals surface area (Å²) in [5.74, 6) is -0.117. The molecule has 0 aromatic heterocycles. The number of nitrogens with one attached hydrogen (secondary N) is 2. The molecule has 2 N–H and O–H groups in total. The Labute approximate surface area is 160 Å². The molecule has 1 fully saturated rings. The van der Waals surface area contributed by atoms with Crippen molar-refractivity contribution in [3.63, 3.8) is 0 Å². The number of piperazine rings is 1. The van der Waals surface area contributed by atoms with E-state index in [-0.39, 0.29) is 11.9 Å². The van der Waals surface area contributed by atoms with Gasteiger partial charge in [0.15, 0.2) is 0 Å². The second-order valence-electron chi connectivity index (χ2n) is 6.88. The van der Waals surface area contributed by atoms with E-state index in [1.54, 1.807) is 24.3 Å². The predicted octanol–water partition coefficient (Wildman–Crippen LogP) is 3.62. The number of amides is 3. The van der Waals surface area contributed by atoms with Gasteiger partial charge in [-0.3, -0.25) is 4.79 Å². The van der Waals surface area contributed by atoms with Gasteiger partial charge in [0.1, 0.15) is 0 Å². The zero-order valence-corrected chi connectivity index (χ0v) is 16.1. The summed E-state index contributed by atoms with van der Waals surface area (Å²) in [4.78, 5) is 27.8. The molecule has 27 heavy (non-hydrogen) atoms. The number of hydrogen-bond acceptors (Lipinski definition) is 3. The molecule has 0 atom stereocenters. The third-order valence-electron chi connectivity index (χ3n) is 4.94. The summed E-state index contributed by atoms with van der Waals surface area (Å²) in [7, 11) is 0. The zero-order chi connectivity index (χ0) is 19.4. The zero-order valence-electron chi connectivity index (χ0n) is 16.1. The normalized spacial score (nSPS) is 14.0. The number of urea groups is 1. The van der Waals surface area contributed by atoms with Crippen molar-refractivity contribution >= 4 is 29.0 Å². The molecule has 1 heterocycles. The fourth-order valence-corrected chi connectivity index (χ4v) is 3.27. The summed E-state index contributed by atoms with van der Waals surface area (Å²) in [6.45, 7) is 8.74. The number of nitrogens with zero attached hydrogens (tertiary/aromatic N) is 2. The van der Waals surface area contributed by atoms with Crippen LogP contribution in [0.25, 0.3) is 0 Å². The Hall–Kier alpha value is -3.02. The van der Waals surface area contributed by atoms with Crippen LogP contribution >= 0.6 is 0 Å². The molecule has 0 aliphatic carbocycles. The maximum Gasteiger partial charge on any atom is 0.321 e. The number of aryl methyl sites for hydroxylation is 1. The maximum absolute atomic E-state index is 12.5. The first-order valence-electron chi connectivity index (χ1n) is 9.19. The molecule has 1 saturated heterocycles. The Morgan fingerprint density at radius 3 is 2.04 bits per heavy atom. The van der Waals surface area contributed by atoms with Crippen LogP contribution in [0.3, 0.4) is 0 Å². The van der Waals surface area contributed by atoms with Crippen molar-refractivity contribution in [2.75, 3.05) is 41.7 Å². The van der Waals surface area contributed by atoms with E-state index < -0.39 is 0 Å². The Bertz CT molecular complexity index is 825. The standard InChI is InChI=1S/C21H26N4O2/c1-15-5-4-6-20(16(15)2)24-11-13-25(14-12-24)21(27)23-19-9-7-18(8-10-19)22-17(3)26/h4-10H,11-14H2,1-3H3,(H,22,26)(H,23,27). The van der Waals surface area contributed by atoms with E-state index in [1.807, 2.05) is 4.90 Å². The van der Waals surface area contributed by atoms with Crippen LogP contribution in [0.5, 0.6) is 0 Å². The van der Waals surface area contributed by atoms with Gasteiger partial charge in [-0.2, -0.15) is 0 Å². The number of hydrogen-bond donors (Lipinski definition) is 2. The van der Waals surface area contributed by atoms with Crippen LogP contribution < -0.4 is 15.5 Å². The van der Waals surface area contributed by atoms with Gasteiger partial charge in [0.25, 0.3) is 0 Å². The van der Waals surface area contributed by atoms with Gasteiger partial charge < -0.3 is 20.4 Å². The average molecular weight is 366 g/mol. The van der Waals surface area contributed by atoms with Gasteiger partial charge in [-0.25, -0.2) is 4.79 Å². The van der Waals surface area contributed by atoms with Crippen molar-refractivity contribution in [2.45, 2.75) is 20.8 Å². The molecule has 6 nitrogen and oxygen atoms in total. The lowest BCUT2D eigenvalue weighted by atomic mass is 10.1. The average Bonchev–Trinajstić information content (AvgIpc) is 2.65. The molecular weight excluding hydrogens is 340 g/mol. The van der Waals surface area contributed by atoms with E-state index >= 15 is 0 Å². The summed E-state index contributed by atoms with van der Waals surface area (Å²) in [5, 5.41) is 5.63. The molecule has 0 bridgehead atoms. The minimum Gasteiger partial charge on any atom is -0.368 e. The smallest absolute Gasteiger partial charge is 0.321 e. The lowest BCUT2D eigenvalue weighted by Crippen LogP contribution is -2.50. The quantitative estimate of drug-likeness (QED) is 0.872. The Morgan fingerprint density at radius 1 is 0.852 bits per heavy atom. The molecule has 0 saturated carbocycles. The van der Waals surface area contributed by atoms with Gasteiger partial charge in [-0.15, -0.1) is 0 Å². The van der Waals surface area contributed by atoms with Crippen molar-refractivity contribution < 1.29 is 9.59 Å². The highest BCUT2D eigenvalue weighted by Gasteiger charge is 2.22. The van der Waals surface area contributed by atoms with Crippen LogP contribution in [-0.4, -0.2) is 43.0 Å². The molecule has 2 aromatic carbocycles. The van der Waals surface area contributed by atoms with E-state index in [0.717, 1.165) is 13.1 Å². The summed E-state index contributed by atoms with van der Waals surface area (Å²) >= 11 is 0. The minimum atomic E-state index is -0.117. The van der Waals surface area contributed by atoms with E-state index in [4.69, 9.17) is 0 Å². The van der Waals surface area contributed by atoms with Crippen LogP contribution in [0.15, 0.2) is 42.5 Å². The molecule has 1 aliphatic rings. The van der Waals surface area contributed by atoms with Gasteiger partial charge >= 0.3 is 6.03 Å². The molecule has 2 aromatic rings. The second kappa shape index (κ2) is 8.12. The third kappa shape index (κ3) is 4.58. The summed E-state index contributed by atoms with van der Waals surface area (Å²) in [6.07, 6.45) is 0. The highest BCUT2D eigenvalue weighted by atomic mass is 16.2. The lowest BCUT2D eigenvalue weighted by Gasteiger charge is -2.37. The van der Waals surface area contributed by atoms with Crippen LogP contribution in [0.1, 0.15) is 18.1 Å². The monoisotopic (exact) mass is 366 g/mol. The predicted molar refractivity (Wildman–Crippen MR) is 109 cm³/mol. The molecule has 1 aliphatic heterocycles. The van der Waals surface area contributed by atoms with Crippen molar-refractivity contribution in [3.05, 3.63) is 53.6 Å². The van der Waals surface area contributed by atoms with E-state index in [9.17, 15) is 9.59 Å². The topological polar surface area (TPSA) is 64.7 Å². The minimum absolute atomic E-state index is 0.0945. The number of carbonyl (C=O) groups is 2. The molecule has 6 heteroatoms. The fourth-order valence-electron chi connectivity index (χ4n) is 3.27. The number of benzene rings is 2. The van der Waals surface area contributed by atoms with Crippen LogP contribution in [0.4, 0.5) is 21.9 Å². The second-order valence-corrected chi connectivity index (χ2v) is 6.88. The molecule has 0 unspecified atom stereocenters. The number of anilines is 3. The lowest BCUT2D eigenvalue weighted by molar-refractivity contribution is -0.114. The van der Waals surface area contributed by atoms with Crippen molar-refractivity contribution in [2.24, 2.45) is 0 Å². The maximum atomic E-state index is 12.5. The Balaban J connectivity index is 1.55. The summed E-state index contributed by atoms with van der Waals surface area (Å²) in [5.41, 5.74) is 5.27. The largest absolute Gasteiger partial charge is 0.368 e. The van der Waals surface area contributed by atoms with Crippen molar-refractivity contribution in [1.82, 2.24) is 4.90 Å². The summed E-state index contributed by atoms with van der Waals surface area (Å²) in [6, 6.07) is 13.4. The highest BCUT2D eigenvalue weighted by molar-refractivity contribution is 5.91. The first kappa shape index (κ1) is 18.8. The molecule has 3 amide bonds. The highest BCUT2D eigenvalue weighted by Crippen LogP contribution is 2.24. The first-order chi connectivity index (χ1) is 12.9. The molecule has 0 radical (unpaired) electrons. The Kier molecular flexibility index (Phi) is 5.64. The Morgan fingerprint density at radius 2 is 1.44 bits per heavy atom. The fraction of sp³-hybridized carbons (Fsp3) is 0.333. The van der Waals surface area contributed by atoms with Crippen molar-refractivity contribution in [1.29, 1.82) is 0 Å². The van der Waals surface area contributed by atoms with E-state index in [0.29, 0.717) is 24.5 Å². The molecule has 0 spiro atoms. The van der Waals surface area contributed by atoms with Gasteiger partial charge in [0, 0.05) is 50.2 Å².